The summed E-state index contributed by atoms with van der Waals surface area (Å²) in [7, 11) is 0. The van der Waals surface area contributed by atoms with Crippen molar-refractivity contribution < 1.29 is 9.15 Å². The Balaban J connectivity index is 1.78. The molecule has 4 aromatic rings. The van der Waals surface area contributed by atoms with Crippen LogP contribution in [0, 0.1) is 6.92 Å². The molecule has 0 bridgehead atoms. The molecule has 0 atom stereocenters. The standard InChI is InChI=1S/C18H16N8O2S/c1-11-23-24-17(28-11)13-8-12(9-29)14-15(20-13)16(25-4-6-27-7-5-25)22-18(21-14)26-3-2-19-10-26/h2-3,8-10H,4-7H2,1H3. The average Bonchev–Trinajstić information content (AvgIpc) is 3.45. The fourth-order valence-electron chi connectivity index (χ4n) is 3.19. The molecule has 1 fully saturated rings. The number of fused-ring (bicyclic) bond motifs is 1. The number of thiocarbonyl (C=S) groups is 1. The Morgan fingerprint density at radius 3 is 2.66 bits per heavy atom. The molecular weight excluding hydrogens is 392 g/mol. The minimum absolute atomic E-state index is 0.328. The summed E-state index contributed by atoms with van der Waals surface area (Å²) in [5, 5.41) is 9.56. The van der Waals surface area contributed by atoms with Crippen molar-refractivity contribution in [3.05, 3.63) is 36.2 Å². The minimum Gasteiger partial charge on any atom is -0.420 e. The Labute approximate surface area is 170 Å². The summed E-state index contributed by atoms with van der Waals surface area (Å²) in [6.45, 7) is 4.38. The van der Waals surface area contributed by atoms with Gasteiger partial charge in [0, 0.05) is 43.3 Å². The molecule has 5 heterocycles. The zero-order valence-corrected chi connectivity index (χ0v) is 16.3. The van der Waals surface area contributed by atoms with Gasteiger partial charge < -0.3 is 14.1 Å². The summed E-state index contributed by atoms with van der Waals surface area (Å²) in [6, 6.07) is 1.80. The third-order valence-corrected chi connectivity index (χ3v) is 4.82. The van der Waals surface area contributed by atoms with Crippen molar-refractivity contribution >= 4 is 34.4 Å². The number of rotatable bonds is 4. The molecule has 0 radical (unpaired) electrons. The summed E-state index contributed by atoms with van der Waals surface area (Å²) >= 11 is 5.27. The molecule has 1 aliphatic heterocycles. The molecule has 1 aliphatic rings. The molecule has 10 nitrogen and oxygen atoms in total. The number of pyridine rings is 1. The molecule has 146 valence electrons. The number of anilines is 1. The SMILES string of the molecule is Cc1nnc(-c2cc(C=S)c3nc(-n4ccnc4)nc(N4CCOCC4)c3n2)o1. The smallest absolute Gasteiger partial charge is 0.266 e. The van der Waals surface area contributed by atoms with Crippen molar-refractivity contribution in [2.45, 2.75) is 6.92 Å². The summed E-state index contributed by atoms with van der Waals surface area (Å²) < 4.78 is 12.8. The topological polar surface area (TPSA) is 108 Å². The highest BCUT2D eigenvalue weighted by atomic mass is 32.1. The van der Waals surface area contributed by atoms with E-state index >= 15 is 0 Å². The molecule has 4 aromatic heterocycles. The van der Waals surface area contributed by atoms with E-state index in [-0.39, 0.29) is 0 Å². The van der Waals surface area contributed by atoms with Gasteiger partial charge in [-0.2, -0.15) is 4.98 Å². The maximum atomic E-state index is 5.57. The number of hydrogen-bond donors (Lipinski definition) is 0. The van der Waals surface area contributed by atoms with E-state index in [0.717, 1.165) is 5.56 Å². The molecule has 5 rings (SSSR count). The number of aryl methyl sites for hydroxylation is 1. The van der Waals surface area contributed by atoms with Crippen LogP contribution < -0.4 is 4.90 Å². The third kappa shape index (κ3) is 3.23. The van der Waals surface area contributed by atoms with Gasteiger partial charge in [-0.05, 0) is 6.07 Å². The second kappa shape index (κ2) is 7.26. The van der Waals surface area contributed by atoms with Crippen LogP contribution in [0.25, 0.3) is 28.6 Å². The highest BCUT2D eigenvalue weighted by Gasteiger charge is 2.22. The summed E-state index contributed by atoms with van der Waals surface area (Å²) in [5.74, 6) is 2.00. The lowest BCUT2D eigenvalue weighted by Gasteiger charge is -2.28. The van der Waals surface area contributed by atoms with Crippen molar-refractivity contribution in [2.75, 3.05) is 31.2 Å². The lowest BCUT2D eigenvalue weighted by Crippen LogP contribution is -2.37. The Morgan fingerprint density at radius 1 is 1.10 bits per heavy atom. The van der Waals surface area contributed by atoms with E-state index in [1.54, 1.807) is 41.6 Å². The minimum atomic E-state index is 0.328. The van der Waals surface area contributed by atoms with Gasteiger partial charge in [0.15, 0.2) is 5.82 Å². The quantitative estimate of drug-likeness (QED) is 0.463. The van der Waals surface area contributed by atoms with Crippen LogP contribution in [-0.2, 0) is 4.74 Å². The maximum Gasteiger partial charge on any atom is 0.266 e. The Bertz CT molecular complexity index is 1180. The Morgan fingerprint density at radius 2 is 1.97 bits per heavy atom. The molecule has 0 aromatic carbocycles. The van der Waals surface area contributed by atoms with E-state index in [4.69, 9.17) is 36.3 Å². The molecule has 0 aliphatic carbocycles. The molecule has 1 saturated heterocycles. The van der Waals surface area contributed by atoms with E-state index < -0.39 is 0 Å². The summed E-state index contributed by atoms with van der Waals surface area (Å²) in [4.78, 5) is 20.5. The van der Waals surface area contributed by atoms with Crippen LogP contribution in [0.5, 0.6) is 0 Å². The molecule has 0 spiro atoms. The Hall–Kier alpha value is -3.31. The first-order chi connectivity index (χ1) is 14.2. The molecular formula is C18H16N8O2S. The molecule has 29 heavy (non-hydrogen) atoms. The van der Waals surface area contributed by atoms with Gasteiger partial charge >= 0.3 is 0 Å². The van der Waals surface area contributed by atoms with E-state index in [0.29, 0.717) is 66.6 Å². The fourth-order valence-corrected chi connectivity index (χ4v) is 3.37. The first-order valence-corrected chi connectivity index (χ1v) is 9.49. The number of ether oxygens (including phenoxy) is 1. The van der Waals surface area contributed by atoms with Gasteiger partial charge in [-0.1, -0.05) is 12.2 Å². The lowest BCUT2D eigenvalue weighted by molar-refractivity contribution is 0.122. The predicted octanol–water partition coefficient (Wildman–Crippen LogP) is 1.75. The molecule has 0 amide bonds. The van der Waals surface area contributed by atoms with Crippen LogP contribution in [-0.4, -0.2) is 66.4 Å². The van der Waals surface area contributed by atoms with Crippen LogP contribution in [0.2, 0.25) is 0 Å². The van der Waals surface area contributed by atoms with Crippen LogP contribution in [0.15, 0.2) is 29.2 Å². The molecule has 0 unspecified atom stereocenters. The zero-order chi connectivity index (χ0) is 19.8. The van der Waals surface area contributed by atoms with Gasteiger partial charge in [0.2, 0.25) is 11.8 Å². The number of imidazole rings is 1. The highest BCUT2D eigenvalue weighted by molar-refractivity contribution is 7.79. The number of hydrogen-bond acceptors (Lipinski definition) is 10. The number of nitrogens with zero attached hydrogens (tertiary/aromatic N) is 8. The largest absolute Gasteiger partial charge is 0.420 e. The van der Waals surface area contributed by atoms with Gasteiger partial charge in [-0.3, -0.25) is 4.57 Å². The van der Waals surface area contributed by atoms with Crippen molar-refractivity contribution in [1.29, 1.82) is 0 Å². The fraction of sp³-hybridized carbons (Fsp3) is 0.278. The number of morpholine rings is 1. The van der Waals surface area contributed by atoms with Crippen molar-refractivity contribution in [2.24, 2.45) is 0 Å². The van der Waals surface area contributed by atoms with Crippen LogP contribution in [0.1, 0.15) is 11.5 Å². The van der Waals surface area contributed by atoms with Crippen LogP contribution in [0.3, 0.4) is 0 Å². The average molecular weight is 408 g/mol. The van der Waals surface area contributed by atoms with Gasteiger partial charge in [0.05, 0.1) is 13.2 Å². The van der Waals surface area contributed by atoms with Crippen molar-refractivity contribution in [1.82, 2.24) is 34.7 Å². The van der Waals surface area contributed by atoms with E-state index in [1.807, 2.05) is 0 Å². The second-order valence-electron chi connectivity index (χ2n) is 6.45. The van der Waals surface area contributed by atoms with Crippen molar-refractivity contribution in [3.63, 3.8) is 0 Å². The van der Waals surface area contributed by atoms with Crippen LogP contribution >= 0.6 is 12.2 Å². The van der Waals surface area contributed by atoms with Crippen LogP contribution in [0.4, 0.5) is 5.82 Å². The monoisotopic (exact) mass is 408 g/mol. The van der Waals surface area contributed by atoms with Crippen molar-refractivity contribution in [3.8, 4) is 17.5 Å². The van der Waals surface area contributed by atoms with E-state index in [9.17, 15) is 0 Å². The van der Waals surface area contributed by atoms with Gasteiger partial charge in [0.25, 0.3) is 5.89 Å². The predicted molar refractivity (Wildman–Crippen MR) is 108 cm³/mol. The number of aromatic nitrogens is 7. The summed E-state index contributed by atoms with van der Waals surface area (Å²) in [5.41, 5.74) is 2.54. The van der Waals surface area contributed by atoms with E-state index in [1.165, 1.54) is 0 Å². The van der Waals surface area contributed by atoms with Gasteiger partial charge in [-0.25, -0.2) is 15.0 Å². The highest BCUT2D eigenvalue weighted by Crippen LogP contribution is 2.29. The normalized spacial score (nSPS) is 14.4. The lowest BCUT2D eigenvalue weighted by atomic mass is 10.2. The first-order valence-electron chi connectivity index (χ1n) is 9.02. The van der Waals surface area contributed by atoms with E-state index in [2.05, 4.69) is 20.1 Å². The first kappa shape index (κ1) is 17.8. The molecule has 0 saturated carbocycles. The second-order valence-corrected chi connectivity index (χ2v) is 6.69. The molecule has 0 N–H and O–H groups in total. The molecule has 11 heteroatoms. The zero-order valence-electron chi connectivity index (χ0n) is 15.5. The Kier molecular flexibility index (Phi) is 4.45. The summed E-state index contributed by atoms with van der Waals surface area (Å²) in [6.07, 6.45) is 5.13. The third-order valence-electron chi connectivity index (χ3n) is 4.57. The van der Waals surface area contributed by atoms with Gasteiger partial charge in [0.1, 0.15) is 23.1 Å². The van der Waals surface area contributed by atoms with Gasteiger partial charge in [-0.15, -0.1) is 10.2 Å². The maximum absolute atomic E-state index is 5.57.